The smallest absolute Gasteiger partial charge is 0.189 e. The zero-order valence-electron chi connectivity index (χ0n) is 10.6. The number of para-hydroxylation sites is 1. The van der Waals surface area contributed by atoms with Crippen LogP contribution in [0.25, 0.3) is 16.9 Å². The Kier molecular flexibility index (Phi) is 3.00. The second kappa shape index (κ2) is 4.83. The monoisotopic (exact) mass is 282 g/mol. The van der Waals surface area contributed by atoms with E-state index in [0.29, 0.717) is 27.7 Å². The molecule has 0 aliphatic heterocycles. The predicted octanol–water partition coefficient (Wildman–Crippen LogP) is 1.99. The Hall–Kier alpha value is -2.59. The van der Waals surface area contributed by atoms with Crippen LogP contribution in [0.5, 0.6) is 0 Å². The van der Waals surface area contributed by atoms with Crippen LogP contribution < -0.4 is 5.73 Å². The Bertz CT molecular complexity index is 832. The third-order valence-corrected chi connectivity index (χ3v) is 3.45. The van der Waals surface area contributed by atoms with Gasteiger partial charge < -0.3 is 5.73 Å². The summed E-state index contributed by atoms with van der Waals surface area (Å²) in [6.45, 7) is 0. The third kappa shape index (κ3) is 1.87. The van der Waals surface area contributed by atoms with Crippen molar-refractivity contribution in [3.05, 3.63) is 36.3 Å². The molecule has 0 saturated heterocycles. The lowest BCUT2D eigenvalue weighted by Crippen LogP contribution is -2.02. The van der Waals surface area contributed by atoms with Gasteiger partial charge in [-0.2, -0.15) is 5.26 Å². The maximum atomic E-state index is 9.21. The summed E-state index contributed by atoms with van der Waals surface area (Å²) >= 11 is 1.42. The maximum absolute atomic E-state index is 9.21. The highest BCUT2D eigenvalue weighted by atomic mass is 32.2. The van der Waals surface area contributed by atoms with Crippen LogP contribution in [-0.2, 0) is 0 Å². The summed E-state index contributed by atoms with van der Waals surface area (Å²) in [7, 11) is 0. The lowest BCUT2D eigenvalue weighted by molar-refractivity contribution is 0.895. The van der Waals surface area contributed by atoms with Gasteiger partial charge in [-0.3, -0.25) is 4.57 Å². The highest BCUT2D eigenvalue weighted by Crippen LogP contribution is 2.24. The summed E-state index contributed by atoms with van der Waals surface area (Å²) in [5, 5.41) is 9.81. The number of nitrogens with two attached hydrogens (primary N) is 1. The van der Waals surface area contributed by atoms with Crippen molar-refractivity contribution >= 4 is 28.5 Å². The molecule has 0 unspecified atom stereocenters. The zero-order valence-corrected chi connectivity index (χ0v) is 11.4. The van der Waals surface area contributed by atoms with E-state index in [2.05, 4.69) is 21.0 Å². The molecule has 20 heavy (non-hydrogen) atoms. The summed E-state index contributed by atoms with van der Waals surface area (Å²) in [5.41, 5.74) is 8.39. The molecule has 0 fully saturated rings. The molecule has 1 aromatic carbocycles. The standard InChI is InChI=1S/C13H10N6S/c1-20-13-16-6-8(5-14)12(18-13)19-7-17-11-9(15)3-2-4-10(11)19/h2-4,6-7H,15H2,1H3. The van der Waals surface area contributed by atoms with E-state index >= 15 is 0 Å². The first-order valence-corrected chi connectivity index (χ1v) is 7.00. The van der Waals surface area contributed by atoms with Gasteiger partial charge in [-0.05, 0) is 18.4 Å². The number of aromatic nitrogens is 4. The molecule has 0 aliphatic carbocycles. The van der Waals surface area contributed by atoms with Crippen LogP contribution in [-0.4, -0.2) is 25.8 Å². The first-order chi connectivity index (χ1) is 9.74. The number of anilines is 1. The summed E-state index contributed by atoms with van der Waals surface area (Å²) in [6.07, 6.45) is 5.02. The maximum Gasteiger partial charge on any atom is 0.189 e. The molecule has 0 radical (unpaired) electrons. The van der Waals surface area contributed by atoms with Crippen molar-refractivity contribution in [2.45, 2.75) is 5.16 Å². The van der Waals surface area contributed by atoms with Crippen molar-refractivity contribution in [3.8, 4) is 11.9 Å². The number of hydrogen-bond acceptors (Lipinski definition) is 6. The normalized spacial score (nSPS) is 10.6. The molecule has 6 nitrogen and oxygen atoms in total. The van der Waals surface area contributed by atoms with Crippen LogP contribution in [0.2, 0.25) is 0 Å². The van der Waals surface area contributed by atoms with Gasteiger partial charge in [0.05, 0.1) is 17.4 Å². The summed E-state index contributed by atoms with van der Waals surface area (Å²) in [6, 6.07) is 7.63. The van der Waals surface area contributed by atoms with Gasteiger partial charge >= 0.3 is 0 Å². The molecule has 2 heterocycles. The molecule has 0 amide bonds. The highest BCUT2D eigenvalue weighted by Gasteiger charge is 2.13. The first kappa shape index (κ1) is 12.4. The molecule has 3 aromatic rings. The van der Waals surface area contributed by atoms with E-state index in [1.165, 1.54) is 18.0 Å². The van der Waals surface area contributed by atoms with Gasteiger partial charge in [0.1, 0.15) is 23.5 Å². The Morgan fingerprint density at radius 3 is 2.95 bits per heavy atom. The van der Waals surface area contributed by atoms with Gasteiger partial charge in [-0.1, -0.05) is 17.8 Å². The van der Waals surface area contributed by atoms with Crippen molar-refractivity contribution in [3.63, 3.8) is 0 Å². The van der Waals surface area contributed by atoms with Crippen LogP contribution in [0.4, 0.5) is 5.69 Å². The average molecular weight is 282 g/mol. The fourth-order valence-corrected chi connectivity index (χ4v) is 2.28. The number of hydrogen-bond donors (Lipinski definition) is 1. The SMILES string of the molecule is CSc1ncc(C#N)c(-n2cnc3c(N)cccc32)n1. The van der Waals surface area contributed by atoms with E-state index in [0.717, 1.165) is 5.52 Å². The summed E-state index contributed by atoms with van der Waals surface area (Å²) in [4.78, 5) is 12.8. The molecule has 3 rings (SSSR count). The van der Waals surface area contributed by atoms with Crippen molar-refractivity contribution in [2.24, 2.45) is 0 Å². The number of thioether (sulfide) groups is 1. The lowest BCUT2D eigenvalue weighted by Gasteiger charge is -2.06. The Balaban J connectivity index is 2.31. The van der Waals surface area contributed by atoms with Crippen molar-refractivity contribution in [1.29, 1.82) is 5.26 Å². The molecule has 0 bridgehead atoms. The third-order valence-electron chi connectivity index (χ3n) is 2.89. The van der Waals surface area contributed by atoms with Crippen LogP contribution in [0.3, 0.4) is 0 Å². The Labute approximate surface area is 119 Å². The Morgan fingerprint density at radius 1 is 1.35 bits per heavy atom. The predicted molar refractivity (Wildman–Crippen MR) is 77.6 cm³/mol. The number of nitrogen functional groups attached to an aromatic ring is 1. The van der Waals surface area contributed by atoms with Gasteiger partial charge in [-0.25, -0.2) is 15.0 Å². The molecule has 0 saturated carbocycles. The van der Waals surface area contributed by atoms with E-state index < -0.39 is 0 Å². The van der Waals surface area contributed by atoms with Gasteiger partial charge in [-0.15, -0.1) is 0 Å². The summed E-state index contributed by atoms with van der Waals surface area (Å²) < 4.78 is 1.76. The van der Waals surface area contributed by atoms with Crippen LogP contribution in [0.15, 0.2) is 35.9 Å². The lowest BCUT2D eigenvalue weighted by atomic mass is 10.2. The molecule has 7 heteroatoms. The largest absolute Gasteiger partial charge is 0.397 e. The van der Waals surface area contributed by atoms with Crippen molar-refractivity contribution in [2.75, 3.05) is 12.0 Å². The topological polar surface area (TPSA) is 93.4 Å². The molecule has 0 aliphatic rings. The fourth-order valence-electron chi connectivity index (χ4n) is 1.95. The average Bonchev–Trinajstić information content (AvgIpc) is 2.92. The quantitative estimate of drug-likeness (QED) is 0.439. The van der Waals surface area contributed by atoms with Crippen molar-refractivity contribution < 1.29 is 0 Å². The highest BCUT2D eigenvalue weighted by molar-refractivity contribution is 7.98. The summed E-state index contributed by atoms with van der Waals surface area (Å²) in [5.74, 6) is 0.514. The van der Waals surface area contributed by atoms with Crippen LogP contribution in [0.1, 0.15) is 5.56 Å². The number of benzene rings is 1. The van der Waals surface area contributed by atoms with Crippen LogP contribution in [0, 0.1) is 11.3 Å². The first-order valence-electron chi connectivity index (χ1n) is 5.77. The molecule has 0 spiro atoms. The minimum atomic E-state index is 0.393. The van der Waals surface area contributed by atoms with Gasteiger partial charge in [0.2, 0.25) is 0 Å². The van der Waals surface area contributed by atoms with Gasteiger partial charge in [0.15, 0.2) is 11.0 Å². The van der Waals surface area contributed by atoms with E-state index in [1.54, 1.807) is 17.0 Å². The van der Waals surface area contributed by atoms with Crippen molar-refractivity contribution in [1.82, 2.24) is 19.5 Å². The molecule has 2 aromatic heterocycles. The molecule has 0 atom stereocenters. The van der Waals surface area contributed by atoms with Crippen LogP contribution >= 0.6 is 11.8 Å². The Morgan fingerprint density at radius 2 is 2.20 bits per heavy atom. The zero-order chi connectivity index (χ0) is 14.1. The number of nitrogens with zero attached hydrogens (tertiary/aromatic N) is 5. The number of rotatable bonds is 2. The van der Waals surface area contributed by atoms with Gasteiger partial charge in [0.25, 0.3) is 0 Å². The second-order valence-corrected chi connectivity index (χ2v) is 4.81. The van der Waals surface area contributed by atoms with E-state index in [-0.39, 0.29) is 0 Å². The molecular weight excluding hydrogens is 272 g/mol. The van der Waals surface area contributed by atoms with E-state index in [4.69, 9.17) is 5.73 Å². The molecule has 98 valence electrons. The fraction of sp³-hybridized carbons (Fsp3) is 0.0769. The number of imidazole rings is 1. The number of fused-ring (bicyclic) bond motifs is 1. The molecular formula is C13H10N6S. The minimum Gasteiger partial charge on any atom is -0.397 e. The van der Waals surface area contributed by atoms with E-state index in [9.17, 15) is 5.26 Å². The second-order valence-electron chi connectivity index (χ2n) is 4.04. The van der Waals surface area contributed by atoms with Gasteiger partial charge in [0, 0.05) is 0 Å². The minimum absolute atomic E-state index is 0.393. The number of nitriles is 1. The van der Waals surface area contributed by atoms with E-state index in [1.807, 2.05) is 18.4 Å². The molecule has 2 N–H and O–H groups in total.